The summed E-state index contributed by atoms with van der Waals surface area (Å²) in [5.41, 5.74) is 5.29. The average molecular weight is 228 g/mol. The highest BCUT2D eigenvalue weighted by atomic mass is 16.2. The number of amides is 1. The molecule has 0 unspecified atom stereocenters. The van der Waals surface area contributed by atoms with Gasteiger partial charge in [-0.3, -0.25) is 9.78 Å². The first-order valence-electron chi connectivity index (χ1n) is 5.20. The molecule has 0 aliphatic rings. The molecule has 1 aromatic heterocycles. The van der Waals surface area contributed by atoms with Crippen molar-refractivity contribution in [2.45, 2.75) is 13.8 Å². The van der Waals surface area contributed by atoms with E-state index in [-0.39, 0.29) is 5.91 Å². The van der Waals surface area contributed by atoms with Gasteiger partial charge in [-0.2, -0.15) is 5.10 Å². The van der Waals surface area contributed by atoms with Crippen LogP contribution in [0.15, 0.2) is 35.6 Å². The van der Waals surface area contributed by atoms with Crippen molar-refractivity contribution in [1.29, 1.82) is 0 Å². The van der Waals surface area contributed by atoms with Gasteiger partial charge in [-0.1, -0.05) is 12.1 Å². The molecule has 2 rings (SSSR count). The summed E-state index contributed by atoms with van der Waals surface area (Å²) in [5, 5.41) is 3.92. The monoisotopic (exact) mass is 228 g/mol. The molecule has 0 saturated carbocycles. The van der Waals surface area contributed by atoms with E-state index in [1.165, 1.54) is 6.92 Å². The van der Waals surface area contributed by atoms with Gasteiger partial charge in [0.15, 0.2) is 0 Å². The van der Waals surface area contributed by atoms with Crippen molar-refractivity contribution in [3.05, 3.63) is 36.2 Å². The van der Waals surface area contributed by atoms with E-state index in [9.17, 15) is 4.79 Å². The van der Waals surface area contributed by atoms with Crippen LogP contribution in [0.3, 0.4) is 0 Å². The zero-order valence-corrected chi connectivity index (χ0v) is 9.64. The van der Waals surface area contributed by atoms with Crippen molar-refractivity contribution in [3.63, 3.8) is 0 Å². The molecule has 2 aromatic rings. The molecule has 0 saturated heterocycles. The topological polar surface area (TPSA) is 67.2 Å². The molecule has 0 bridgehead atoms. The first-order valence-corrected chi connectivity index (χ1v) is 5.20. The Morgan fingerprint density at radius 1 is 1.24 bits per heavy atom. The zero-order valence-electron chi connectivity index (χ0n) is 9.64. The highest BCUT2D eigenvalue weighted by Gasteiger charge is 2.02. The third-order valence-electron chi connectivity index (χ3n) is 2.20. The minimum atomic E-state index is -0.210. The highest BCUT2D eigenvalue weighted by Crippen LogP contribution is 2.08. The Balaban J connectivity index is 2.36. The molecular weight excluding hydrogens is 216 g/mol. The molecule has 0 fully saturated rings. The van der Waals surface area contributed by atoms with Crippen molar-refractivity contribution >= 4 is 22.7 Å². The zero-order chi connectivity index (χ0) is 12.3. The van der Waals surface area contributed by atoms with Crippen LogP contribution in [-0.2, 0) is 4.79 Å². The minimum absolute atomic E-state index is 0.210. The van der Waals surface area contributed by atoms with Crippen LogP contribution in [0.5, 0.6) is 0 Å². The number of hydrogen-bond donors (Lipinski definition) is 1. The minimum Gasteiger partial charge on any atom is -0.274 e. The average Bonchev–Trinajstić information content (AvgIpc) is 2.35. The lowest BCUT2D eigenvalue weighted by Crippen LogP contribution is -2.15. The van der Waals surface area contributed by atoms with Gasteiger partial charge in [-0.15, -0.1) is 0 Å². The van der Waals surface area contributed by atoms with Gasteiger partial charge in [-0.25, -0.2) is 10.4 Å². The molecule has 0 spiro atoms. The number of carbonyl (C=O) groups is 1. The summed E-state index contributed by atoms with van der Waals surface area (Å²) in [5.74, 6) is -0.210. The Bertz CT molecular complexity index is 592. The fourth-order valence-corrected chi connectivity index (χ4v) is 1.35. The largest absolute Gasteiger partial charge is 0.274 e. The molecule has 1 heterocycles. The van der Waals surface area contributed by atoms with E-state index in [1.807, 2.05) is 24.3 Å². The Morgan fingerprint density at radius 3 is 2.65 bits per heavy atom. The molecular formula is C12H12N4O. The van der Waals surface area contributed by atoms with Gasteiger partial charge < -0.3 is 0 Å². The van der Waals surface area contributed by atoms with Crippen molar-refractivity contribution in [3.8, 4) is 0 Å². The Labute approximate surface area is 98.6 Å². The molecule has 1 N–H and O–H groups in total. The second kappa shape index (κ2) is 4.69. The van der Waals surface area contributed by atoms with Gasteiger partial charge >= 0.3 is 0 Å². The number of para-hydroxylation sites is 2. The van der Waals surface area contributed by atoms with E-state index in [0.29, 0.717) is 11.4 Å². The molecule has 17 heavy (non-hydrogen) atoms. The number of nitrogens with zero attached hydrogens (tertiary/aromatic N) is 3. The second-order valence-corrected chi connectivity index (χ2v) is 3.61. The number of carbonyl (C=O) groups excluding carboxylic acids is 1. The van der Waals surface area contributed by atoms with Crippen LogP contribution >= 0.6 is 0 Å². The molecule has 0 aliphatic heterocycles. The smallest absolute Gasteiger partial charge is 0.236 e. The maximum Gasteiger partial charge on any atom is 0.236 e. The number of rotatable bonds is 2. The van der Waals surface area contributed by atoms with Crippen LogP contribution in [0.2, 0.25) is 0 Å². The molecule has 0 aliphatic carbocycles. The summed E-state index contributed by atoms with van der Waals surface area (Å²) < 4.78 is 0. The third kappa shape index (κ3) is 2.63. The molecule has 1 aromatic carbocycles. The van der Waals surface area contributed by atoms with Crippen LogP contribution in [-0.4, -0.2) is 21.6 Å². The molecule has 5 heteroatoms. The van der Waals surface area contributed by atoms with Crippen molar-refractivity contribution in [2.24, 2.45) is 5.10 Å². The fourth-order valence-electron chi connectivity index (χ4n) is 1.35. The van der Waals surface area contributed by atoms with E-state index < -0.39 is 0 Å². The number of aromatic nitrogens is 2. The van der Waals surface area contributed by atoms with Gasteiger partial charge in [0.1, 0.15) is 5.69 Å². The fraction of sp³-hybridized carbons (Fsp3) is 0.167. The van der Waals surface area contributed by atoms with Gasteiger partial charge in [0.2, 0.25) is 5.91 Å². The molecule has 1 amide bonds. The van der Waals surface area contributed by atoms with E-state index in [0.717, 1.165) is 11.0 Å². The van der Waals surface area contributed by atoms with E-state index >= 15 is 0 Å². The lowest BCUT2D eigenvalue weighted by molar-refractivity contribution is -0.118. The van der Waals surface area contributed by atoms with Gasteiger partial charge in [0.25, 0.3) is 0 Å². The number of hydrazone groups is 1. The standard InChI is InChI=1S/C12H12N4O/c1-8(15-16-9(2)17)12-7-13-10-5-3-4-6-11(10)14-12/h3-7H,1-2H3,(H,16,17). The lowest BCUT2D eigenvalue weighted by Gasteiger charge is -2.01. The lowest BCUT2D eigenvalue weighted by atomic mass is 10.2. The maximum absolute atomic E-state index is 10.7. The molecule has 0 radical (unpaired) electrons. The normalized spacial score (nSPS) is 11.5. The van der Waals surface area contributed by atoms with Crippen LogP contribution in [0.25, 0.3) is 11.0 Å². The molecule has 86 valence electrons. The Hall–Kier alpha value is -2.30. The summed E-state index contributed by atoms with van der Waals surface area (Å²) in [6, 6.07) is 7.60. The summed E-state index contributed by atoms with van der Waals surface area (Å²) in [4.78, 5) is 19.4. The van der Waals surface area contributed by atoms with E-state index in [1.54, 1.807) is 13.1 Å². The van der Waals surface area contributed by atoms with E-state index in [2.05, 4.69) is 20.5 Å². The van der Waals surface area contributed by atoms with Crippen LogP contribution in [0.4, 0.5) is 0 Å². The summed E-state index contributed by atoms with van der Waals surface area (Å²) in [6.07, 6.45) is 1.64. The van der Waals surface area contributed by atoms with Gasteiger partial charge in [-0.05, 0) is 19.1 Å². The number of fused-ring (bicyclic) bond motifs is 1. The Kier molecular flexibility index (Phi) is 3.09. The molecule has 5 nitrogen and oxygen atoms in total. The van der Waals surface area contributed by atoms with Crippen LogP contribution in [0.1, 0.15) is 19.5 Å². The summed E-state index contributed by atoms with van der Waals surface area (Å²) >= 11 is 0. The van der Waals surface area contributed by atoms with Gasteiger partial charge in [0, 0.05) is 6.92 Å². The van der Waals surface area contributed by atoms with Crippen LogP contribution < -0.4 is 5.43 Å². The maximum atomic E-state index is 10.7. The van der Waals surface area contributed by atoms with Crippen molar-refractivity contribution < 1.29 is 4.79 Å². The summed E-state index contributed by atoms with van der Waals surface area (Å²) in [7, 11) is 0. The number of hydrogen-bond acceptors (Lipinski definition) is 4. The van der Waals surface area contributed by atoms with Gasteiger partial charge in [0.05, 0.1) is 22.9 Å². The van der Waals surface area contributed by atoms with Crippen molar-refractivity contribution in [2.75, 3.05) is 0 Å². The first-order chi connectivity index (χ1) is 8.16. The van der Waals surface area contributed by atoms with Crippen LogP contribution in [0, 0.1) is 0 Å². The SMILES string of the molecule is CC(=O)NN=C(C)c1cnc2ccccc2n1. The quantitative estimate of drug-likeness (QED) is 0.625. The Morgan fingerprint density at radius 2 is 1.94 bits per heavy atom. The number of nitrogens with one attached hydrogen (secondary N) is 1. The van der Waals surface area contributed by atoms with E-state index in [4.69, 9.17) is 0 Å². The number of benzene rings is 1. The highest BCUT2D eigenvalue weighted by molar-refractivity contribution is 5.98. The first kappa shape index (κ1) is 11.2. The van der Waals surface area contributed by atoms with Crippen molar-refractivity contribution in [1.82, 2.24) is 15.4 Å². The third-order valence-corrected chi connectivity index (χ3v) is 2.20. The second-order valence-electron chi connectivity index (χ2n) is 3.61. The predicted molar refractivity (Wildman–Crippen MR) is 65.6 cm³/mol. The predicted octanol–water partition coefficient (Wildman–Crippen LogP) is 1.49. The molecule has 0 atom stereocenters. The summed E-state index contributed by atoms with van der Waals surface area (Å²) in [6.45, 7) is 3.18.